The van der Waals surface area contributed by atoms with Gasteiger partial charge in [-0.3, -0.25) is 4.98 Å². The van der Waals surface area contributed by atoms with Gasteiger partial charge in [-0.05, 0) is 51.1 Å². The molecule has 1 aromatic carbocycles. The molecule has 0 aliphatic carbocycles. The Morgan fingerprint density at radius 2 is 1.72 bits per heavy atom. The fourth-order valence-electron chi connectivity index (χ4n) is 5.91. The molecule has 238 valence electrons. The van der Waals surface area contributed by atoms with Crippen LogP contribution < -0.4 is 15.1 Å². The molecule has 4 aromatic heterocycles. The van der Waals surface area contributed by atoms with E-state index in [1.165, 1.54) is 0 Å². The number of anilines is 3. The van der Waals surface area contributed by atoms with Crippen LogP contribution >= 0.6 is 0 Å². The van der Waals surface area contributed by atoms with E-state index in [9.17, 15) is 4.79 Å². The Bertz CT molecular complexity index is 1840. The molecular weight excluding hydrogens is 582 g/mol. The molecule has 7 rings (SSSR count). The Morgan fingerprint density at radius 1 is 0.913 bits per heavy atom. The van der Waals surface area contributed by atoms with Crippen molar-refractivity contribution < 1.29 is 14.3 Å². The molecule has 0 radical (unpaired) electrons. The highest BCUT2D eigenvalue weighted by Crippen LogP contribution is 2.33. The lowest BCUT2D eigenvalue weighted by Crippen LogP contribution is -2.50. The quantitative estimate of drug-likeness (QED) is 0.283. The van der Waals surface area contributed by atoms with Crippen molar-refractivity contribution in [3.8, 4) is 11.3 Å². The van der Waals surface area contributed by atoms with Crippen molar-refractivity contribution in [3.05, 3.63) is 72.7 Å². The number of morpholine rings is 1. The third-order valence-corrected chi connectivity index (χ3v) is 8.22. The first-order valence-electron chi connectivity index (χ1n) is 15.8. The third-order valence-electron chi connectivity index (χ3n) is 8.22. The zero-order valence-corrected chi connectivity index (χ0v) is 26.5. The number of carbonyl (C=O) groups excluding carboxylic acids is 1. The molecule has 1 N–H and O–H groups in total. The predicted octanol–water partition coefficient (Wildman–Crippen LogP) is 4.85. The number of imidazole rings is 1. The zero-order valence-electron chi connectivity index (χ0n) is 26.5. The second kappa shape index (κ2) is 12.4. The van der Waals surface area contributed by atoms with Gasteiger partial charge in [-0.2, -0.15) is 5.10 Å². The summed E-state index contributed by atoms with van der Waals surface area (Å²) in [7, 11) is 0. The highest BCUT2D eigenvalue weighted by atomic mass is 16.6. The monoisotopic (exact) mass is 621 g/mol. The topological polar surface area (TPSA) is 113 Å². The molecule has 12 nitrogen and oxygen atoms in total. The van der Waals surface area contributed by atoms with Crippen LogP contribution in [0.4, 0.5) is 22.1 Å². The maximum absolute atomic E-state index is 12.5. The van der Waals surface area contributed by atoms with Crippen molar-refractivity contribution in [2.24, 2.45) is 0 Å². The van der Waals surface area contributed by atoms with Crippen LogP contribution in [0.3, 0.4) is 0 Å². The first-order chi connectivity index (χ1) is 22.3. The average Bonchev–Trinajstić information content (AvgIpc) is 3.45. The minimum Gasteiger partial charge on any atom is -0.444 e. The number of pyridine rings is 2. The molecular formula is C34H39N9O3. The molecule has 2 aliphatic rings. The van der Waals surface area contributed by atoms with Crippen molar-refractivity contribution in [2.75, 3.05) is 67.6 Å². The molecule has 0 atom stereocenters. The average molecular weight is 622 g/mol. The number of aromatic nitrogens is 5. The number of carbonyl (C=O) groups is 1. The van der Waals surface area contributed by atoms with Crippen molar-refractivity contribution in [3.63, 3.8) is 0 Å². The smallest absolute Gasteiger partial charge is 0.410 e. The van der Waals surface area contributed by atoms with Crippen LogP contribution in [0.5, 0.6) is 0 Å². The first-order valence-corrected chi connectivity index (χ1v) is 15.8. The zero-order chi connectivity index (χ0) is 31.7. The van der Waals surface area contributed by atoms with E-state index < -0.39 is 5.60 Å². The maximum atomic E-state index is 12.5. The van der Waals surface area contributed by atoms with Crippen molar-refractivity contribution in [1.82, 2.24) is 29.5 Å². The predicted molar refractivity (Wildman–Crippen MR) is 178 cm³/mol. The van der Waals surface area contributed by atoms with E-state index in [2.05, 4.69) is 33.3 Å². The molecule has 6 heterocycles. The van der Waals surface area contributed by atoms with Gasteiger partial charge in [0.2, 0.25) is 0 Å². The van der Waals surface area contributed by atoms with Crippen LogP contribution in [0.15, 0.2) is 67.0 Å². The Balaban J connectivity index is 1.16. The second-order valence-electron chi connectivity index (χ2n) is 12.6. The van der Waals surface area contributed by atoms with E-state index in [1.807, 2.05) is 74.1 Å². The number of hydrogen-bond acceptors (Lipinski definition) is 10. The molecule has 0 bridgehead atoms. The fourth-order valence-corrected chi connectivity index (χ4v) is 5.91. The van der Waals surface area contributed by atoms with Crippen LogP contribution in [0, 0.1) is 0 Å². The van der Waals surface area contributed by atoms with Gasteiger partial charge in [-0.15, -0.1) is 0 Å². The number of piperazine rings is 1. The van der Waals surface area contributed by atoms with E-state index in [0.29, 0.717) is 51.8 Å². The molecule has 12 heteroatoms. The summed E-state index contributed by atoms with van der Waals surface area (Å²) in [5, 5.41) is 9.41. The van der Waals surface area contributed by atoms with Gasteiger partial charge >= 0.3 is 6.09 Å². The molecule has 2 aliphatic heterocycles. The third kappa shape index (κ3) is 6.25. The van der Waals surface area contributed by atoms with Gasteiger partial charge in [0.25, 0.3) is 0 Å². The Kier molecular flexibility index (Phi) is 8.03. The standard InChI is InChI=1S/C34H39N9O3/c1-34(2,3)46-33(44)42-16-14-41(15-17-42)29-11-9-25(22-35-29)30-31(36-23-26-10-8-24-6-4-5-7-27(24)38-26)39-32-28(12-13-37-43(30)32)40-18-20-45-21-19-40/h4-13,22,36H,14-21,23H2,1-3H3. The number of hydrogen-bond donors (Lipinski definition) is 1. The lowest BCUT2D eigenvalue weighted by Gasteiger charge is -2.36. The Labute approximate surface area is 268 Å². The summed E-state index contributed by atoms with van der Waals surface area (Å²) in [5.74, 6) is 1.57. The minimum atomic E-state index is -0.513. The molecule has 0 unspecified atom stereocenters. The molecule has 46 heavy (non-hydrogen) atoms. The number of rotatable bonds is 6. The van der Waals surface area contributed by atoms with Gasteiger partial charge in [0, 0.05) is 56.4 Å². The highest BCUT2D eigenvalue weighted by molar-refractivity contribution is 5.82. The van der Waals surface area contributed by atoms with E-state index in [0.717, 1.165) is 58.1 Å². The van der Waals surface area contributed by atoms with Gasteiger partial charge in [0.1, 0.15) is 17.1 Å². The van der Waals surface area contributed by atoms with E-state index in [-0.39, 0.29) is 6.09 Å². The van der Waals surface area contributed by atoms with E-state index >= 15 is 0 Å². The van der Waals surface area contributed by atoms with Crippen molar-refractivity contribution in [1.29, 1.82) is 0 Å². The van der Waals surface area contributed by atoms with Gasteiger partial charge in [0.15, 0.2) is 11.5 Å². The Hall–Kier alpha value is -4.97. The second-order valence-corrected chi connectivity index (χ2v) is 12.6. The molecule has 1 amide bonds. The molecule has 0 saturated carbocycles. The minimum absolute atomic E-state index is 0.272. The number of nitrogens with zero attached hydrogens (tertiary/aromatic N) is 8. The van der Waals surface area contributed by atoms with Gasteiger partial charge in [-0.1, -0.05) is 24.3 Å². The summed E-state index contributed by atoms with van der Waals surface area (Å²) >= 11 is 0. The summed E-state index contributed by atoms with van der Waals surface area (Å²) in [6.45, 7) is 11.6. The largest absolute Gasteiger partial charge is 0.444 e. The van der Waals surface area contributed by atoms with Gasteiger partial charge in [0.05, 0.1) is 42.9 Å². The normalized spacial score (nSPS) is 15.8. The lowest BCUT2D eigenvalue weighted by atomic mass is 10.2. The summed E-state index contributed by atoms with van der Waals surface area (Å²) in [4.78, 5) is 33.6. The number of nitrogens with one attached hydrogen (secondary N) is 1. The first kappa shape index (κ1) is 29.7. The number of benzene rings is 1. The number of fused-ring (bicyclic) bond motifs is 2. The number of ether oxygens (including phenoxy) is 2. The lowest BCUT2D eigenvalue weighted by molar-refractivity contribution is 0.0240. The molecule has 0 spiro atoms. The highest BCUT2D eigenvalue weighted by Gasteiger charge is 2.27. The van der Waals surface area contributed by atoms with Gasteiger partial charge in [-0.25, -0.2) is 19.3 Å². The fraction of sp³-hybridized carbons (Fsp3) is 0.382. The molecule has 2 saturated heterocycles. The summed E-state index contributed by atoms with van der Waals surface area (Å²) < 4.78 is 13.1. The SMILES string of the molecule is CC(C)(C)OC(=O)N1CCN(c2ccc(-c3c(NCc4ccc5ccccc5n4)nc4c(N5CCOCC5)ccnn34)cn2)CC1. The van der Waals surface area contributed by atoms with Crippen LogP contribution in [0.2, 0.25) is 0 Å². The van der Waals surface area contributed by atoms with Crippen LogP contribution in [-0.4, -0.2) is 93.6 Å². The van der Waals surface area contributed by atoms with Crippen LogP contribution in [-0.2, 0) is 16.0 Å². The van der Waals surface area contributed by atoms with E-state index in [4.69, 9.17) is 29.5 Å². The van der Waals surface area contributed by atoms with E-state index in [1.54, 1.807) is 4.90 Å². The maximum Gasteiger partial charge on any atom is 0.410 e. The Morgan fingerprint density at radius 3 is 2.48 bits per heavy atom. The number of para-hydroxylation sites is 1. The van der Waals surface area contributed by atoms with Crippen LogP contribution in [0.1, 0.15) is 26.5 Å². The van der Waals surface area contributed by atoms with Crippen LogP contribution in [0.25, 0.3) is 27.8 Å². The molecule has 2 fully saturated rings. The summed E-state index contributed by atoms with van der Waals surface area (Å²) in [6, 6.07) is 18.4. The molecule has 5 aromatic rings. The summed E-state index contributed by atoms with van der Waals surface area (Å²) in [6.07, 6.45) is 3.43. The van der Waals surface area contributed by atoms with Gasteiger partial charge < -0.3 is 29.5 Å². The van der Waals surface area contributed by atoms with Crippen molar-refractivity contribution in [2.45, 2.75) is 32.9 Å². The summed E-state index contributed by atoms with van der Waals surface area (Å²) in [5.41, 5.74) is 4.88. The van der Waals surface area contributed by atoms with Crippen molar-refractivity contribution >= 4 is 40.0 Å². The number of amides is 1.